The first-order valence-electron chi connectivity index (χ1n) is 5.63. The van der Waals surface area contributed by atoms with Crippen LogP contribution in [0.2, 0.25) is 0 Å². The number of amidine groups is 1. The summed E-state index contributed by atoms with van der Waals surface area (Å²) >= 11 is 0. The number of carbonyl (C=O) groups excluding carboxylic acids is 2. The molecule has 17 heavy (non-hydrogen) atoms. The van der Waals surface area contributed by atoms with Crippen molar-refractivity contribution in [1.82, 2.24) is 10.6 Å². The molecule has 1 rings (SSSR count). The molecule has 0 radical (unpaired) electrons. The van der Waals surface area contributed by atoms with Crippen LogP contribution in [0.3, 0.4) is 0 Å². The van der Waals surface area contributed by atoms with Crippen LogP contribution in [-0.4, -0.2) is 35.4 Å². The summed E-state index contributed by atoms with van der Waals surface area (Å²) in [4.78, 5) is 22.8. The van der Waals surface area contributed by atoms with Gasteiger partial charge in [-0.15, -0.1) is 0 Å². The minimum Gasteiger partial charge on any atom is -0.409 e. The second-order valence-corrected chi connectivity index (χ2v) is 4.03. The highest BCUT2D eigenvalue weighted by Crippen LogP contribution is 2.07. The summed E-state index contributed by atoms with van der Waals surface area (Å²) in [5.41, 5.74) is 5.43. The number of nitrogens with two attached hydrogens (primary N) is 1. The fourth-order valence-electron chi connectivity index (χ4n) is 1.76. The van der Waals surface area contributed by atoms with Crippen LogP contribution in [0.5, 0.6) is 0 Å². The summed E-state index contributed by atoms with van der Waals surface area (Å²) in [6.07, 6.45) is 1.48. The summed E-state index contributed by atoms with van der Waals surface area (Å²) in [7, 11) is 0. The average molecular weight is 242 g/mol. The van der Waals surface area contributed by atoms with Gasteiger partial charge in [0.15, 0.2) is 5.84 Å². The third-order valence-corrected chi connectivity index (χ3v) is 2.81. The minimum absolute atomic E-state index is 0.000949. The molecule has 0 aromatic rings. The van der Waals surface area contributed by atoms with Crippen LogP contribution in [0, 0.1) is 5.92 Å². The van der Waals surface area contributed by atoms with Crippen LogP contribution in [0.25, 0.3) is 0 Å². The smallest absolute Gasteiger partial charge is 0.231 e. The maximum Gasteiger partial charge on any atom is 0.231 e. The number of piperidine rings is 1. The molecule has 7 nitrogen and oxygen atoms in total. The Morgan fingerprint density at radius 2 is 2.47 bits per heavy atom. The van der Waals surface area contributed by atoms with E-state index >= 15 is 0 Å². The third-order valence-electron chi connectivity index (χ3n) is 2.81. The van der Waals surface area contributed by atoms with E-state index < -0.39 is 5.92 Å². The third kappa shape index (κ3) is 3.61. The monoisotopic (exact) mass is 242 g/mol. The molecule has 2 unspecified atom stereocenters. The van der Waals surface area contributed by atoms with Gasteiger partial charge in [0, 0.05) is 19.0 Å². The Balaban J connectivity index is 2.50. The highest BCUT2D eigenvalue weighted by atomic mass is 16.4. The van der Waals surface area contributed by atoms with Crippen LogP contribution in [0.4, 0.5) is 0 Å². The SMILES string of the molecule is CCC(C(=O)NC1CCC(=O)NC1)C(N)=NO. The summed E-state index contributed by atoms with van der Waals surface area (Å²) in [5, 5.41) is 16.9. The van der Waals surface area contributed by atoms with E-state index in [4.69, 9.17) is 10.9 Å². The van der Waals surface area contributed by atoms with E-state index in [1.807, 2.05) is 0 Å². The molecule has 7 heteroatoms. The van der Waals surface area contributed by atoms with E-state index in [2.05, 4.69) is 15.8 Å². The minimum atomic E-state index is -0.627. The average Bonchev–Trinajstić information content (AvgIpc) is 2.32. The van der Waals surface area contributed by atoms with Crippen molar-refractivity contribution in [3.63, 3.8) is 0 Å². The zero-order chi connectivity index (χ0) is 12.8. The van der Waals surface area contributed by atoms with Crippen LogP contribution >= 0.6 is 0 Å². The summed E-state index contributed by atoms with van der Waals surface area (Å²) < 4.78 is 0. The Morgan fingerprint density at radius 3 is 2.94 bits per heavy atom. The first-order chi connectivity index (χ1) is 8.08. The van der Waals surface area contributed by atoms with Gasteiger partial charge in [0.1, 0.15) is 0 Å². The molecule has 0 aliphatic carbocycles. The van der Waals surface area contributed by atoms with Gasteiger partial charge < -0.3 is 21.6 Å². The van der Waals surface area contributed by atoms with Crippen molar-refractivity contribution in [2.75, 3.05) is 6.54 Å². The van der Waals surface area contributed by atoms with Gasteiger partial charge in [0.05, 0.1) is 5.92 Å². The number of hydrogen-bond donors (Lipinski definition) is 4. The fraction of sp³-hybridized carbons (Fsp3) is 0.700. The Labute approximate surface area is 99.4 Å². The molecule has 0 spiro atoms. The van der Waals surface area contributed by atoms with E-state index in [-0.39, 0.29) is 23.7 Å². The maximum absolute atomic E-state index is 11.8. The van der Waals surface area contributed by atoms with Gasteiger partial charge in [-0.1, -0.05) is 12.1 Å². The van der Waals surface area contributed by atoms with Crippen molar-refractivity contribution < 1.29 is 14.8 Å². The first-order valence-corrected chi connectivity index (χ1v) is 5.63. The predicted molar refractivity (Wildman–Crippen MR) is 61.4 cm³/mol. The van der Waals surface area contributed by atoms with Crippen LogP contribution in [-0.2, 0) is 9.59 Å². The van der Waals surface area contributed by atoms with E-state index in [1.165, 1.54) is 0 Å². The topological polar surface area (TPSA) is 117 Å². The molecule has 1 aliphatic rings. The second kappa shape index (κ2) is 6.07. The van der Waals surface area contributed by atoms with E-state index in [0.29, 0.717) is 25.8 Å². The van der Waals surface area contributed by atoms with Gasteiger partial charge in [0.25, 0.3) is 0 Å². The van der Waals surface area contributed by atoms with Crippen molar-refractivity contribution in [2.24, 2.45) is 16.8 Å². The number of rotatable bonds is 4. The number of carbonyl (C=O) groups is 2. The lowest BCUT2D eigenvalue weighted by atomic mass is 10.0. The van der Waals surface area contributed by atoms with Crippen LogP contribution in [0.1, 0.15) is 26.2 Å². The number of nitrogens with one attached hydrogen (secondary N) is 2. The number of amides is 2. The Hall–Kier alpha value is -1.79. The van der Waals surface area contributed by atoms with Crippen molar-refractivity contribution in [2.45, 2.75) is 32.2 Å². The van der Waals surface area contributed by atoms with Crippen molar-refractivity contribution >= 4 is 17.6 Å². The lowest BCUT2D eigenvalue weighted by Crippen LogP contribution is -2.50. The lowest BCUT2D eigenvalue weighted by Gasteiger charge is -2.25. The van der Waals surface area contributed by atoms with E-state index in [1.54, 1.807) is 6.92 Å². The molecule has 1 heterocycles. The van der Waals surface area contributed by atoms with Gasteiger partial charge in [-0.05, 0) is 12.8 Å². The Bertz CT molecular complexity index is 320. The molecular weight excluding hydrogens is 224 g/mol. The normalized spacial score (nSPS) is 22.8. The molecule has 1 aliphatic heterocycles. The maximum atomic E-state index is 11.8. The first kappa shape index (κ1) is 13.3. The van der Waals surface area contributed by atoms with Gasteiger partial charge in [-0.2, -0.15) is 0 Å². The molecular formula is C10H18N4O3. The molecule has 0 aromatic carbocycles. The highest BCUT2D eigenvalue weighted by Gasteiger charge is 2.25. The number of hydrogen-bond acceptors (Lipinski definition) is 4. The molecule has 2 atom stereocenters. The molecule has 0 bridgehead atoms. The van der Waals surface area contributed by atoms with Crippen molar-refractivity contribution in [3.05, 3.63) is 0 Å². The summed E-state index contributed by atoms with van der Waals surface area (Å²) in [6.45, 7) is 2.21. The number of oxime groups is 1. The quantitative estimate of drug-likeness (QED) is 0.222. The predicted octanol–water partition coefficient (Wildman–Crippen LogP) is -0.846. The molecule has 0 aromatic heterocycles. The summed E-state index contributed by atoms with van der Waals surface area (Å²) in [5.74, 6) is -0.995. The van der Waals surface area contributed by atoms with Gasteiger partial charge >= 0.3 is 0 Å². The zero-order valence-electron chi connectivity index (χ0n) is 9.77. The number of nitrogens with zero attached hydrogens (tertiary/aromatic N) is 1. The van der Waals surface area contributed by atoms with Crippen LogP contribution in [0.15, 0.2) is 5.16 Å². The highest BCUT2D eigenvalue weighted by molar-refractivity contribution is 6.02. The molecule has 96 valence electrons. The van der Waals surface area contributed by atoms with Crippen LogP contribution < -0.4 is 16.4 Å². The molecule has 5 N–H and O–H groups in total. The van der Waals surface area contributed by atoms with E-state index in [9.17, 15) is 9.59 Å². The molecule has 0 saturated carbocycles. The zero-order valence-corrected chi connectivity index (χ0v) is 9.77. The molecule has 2 amide bonds. The Kier molecular flexibility index (Phi) is 4.74. The standard InChI is InChI=1S/C10H18N4O3/c1-2-7(9(11)14-17)10(16)13-6-3-4-8(15)12-5-6/h6-7,17H,2-5H2,1H3,(H2,11,14)(H,12,15)(H,13,16). The molecule has 1 fully saturated rings. The van der Waals surface area contributed by atoms with Crippen molar-refractivity contribution in [3.8, 4) is 0 Å². The lowest BCUT2D eigenvalue weighted by molar-refractivity contribution is -0.126. The largest absolute Gasteiger partial charge is 0.409 e. The van der Waals surface area contributed by atoms with Gasteiger partial charge in [-0.25, -0.2) is 0 Å². The summed E-state index contributed by atoms with van der Waals surface area (Å²) in [6, 6.07) is -0.0826. The molecule has 1 saturated heterocycles. The van der Waals surface area contributed by atoms with Gasteiger partial charge in [-0.3, -0.25) is 9.59 Å². The van der Waals surface area contributed by atoms with E-state index in [0.717, 1.165) is 0 Å². The Morgan fingerprint density at radius 1 is 1.76 bits per heavy atom. The fourth-order valence-corrected chi connectivity index (χ4v) is 1.76. The van der Waals surface area contributed by atoms with Gasteiger partial charge in [0.2, 0.25) is 11.8 Å². The van der Waals surface area contributed by atoms with Crippen molar-refractivity contribution in [1.29, 1.82) is 0 Å². The second-order valence-electron chi connectivity index (χ2n) is 4.03.